The second kappa shape index (κ2) is 6.60. The zero-order chi connectivity index (χ0) is 19.1. The van der Waals surface area contributed by atoms with Crippen LogP contribution in [0.4, 0.5) is 4.79 Å². The van der Waals surface area contributed by atoms with E-state index in [9.17, 15) is 4.79 Å². The van der Waals surface area contributed by atoms with Crippen LogP contribution in [-0.2, 0) is 21.4 Å². The number of rotatable bonds is 4. The number of pyridine rings is 1. The first kappa shape index (κ1) is 17.2. The Bertz CT molecular complexity index is 1040. The van der Waals surface area contributed by atoms with Gasteiger partial charge in [-0.1, -0.05) is 18.2 Å². The number of carbonyl (C=O) groups excluding carboxylic acids is 1. The molecule has 7 heteroatoms. The number of hydrogen-bond donors (Lipinski definition) is 0. The van der Waals surface area contributed by atoms with Crippen molar-refractivity contribution in [2.45, 2.75) is 18.4 Å². The van der Waals surface area contributed by atoms with Crippen LogP contribution in [0.2, 0.25) is 0 Å². The average molecular weight is 378 g/mol. The molecule has 2 aliphatic heterocycles. The largest absolute Gasteiger partial charge is 0.447 e. The van der Waals surface area contributed by atoms with Gasteiger partial charge in [-0.15, -0.1) is 0 Å². The highest BCUT2D eigenvalue weighted by molar-refractivity contribution is 5.82. The van der Waals surface area contributed by atoms with Gasteiger partial charge in [-0.05, 0) is 24.6 Å². The molecule has 144 valence electrons. The Hall–Kier alpha value is -2.93. The van der Waals surface area contributed by atoms with Crippen molar-refractivity contribution in [1.29, 1.82) is 0 Å². The van der Waals surface area contributed by atoms with Gasteiger partial charge in [0.1, 0.15) is 6.61 Å². The van der Waals surface area contributed by atoms with Crippen LogP contribution in [0.5, 0.6) is 0 Å². The Morgan fingerprint density at radius 3 is 2.93 bits per heavy atom. The van der Waals surface area contributed by atoms with E-state index in [2.05, 4.69) is 27.9 Å². The molecule has 1 spiro atoms. The van der Waals surface area contributed by atoms with Gasteiger partial charge in [-0.3, -0.25) is 9.67 Å². The molecule has 0 N–H and O–H groups in total. The summed E-state index contributed by atoms with van der Waals surface area (Å²) in [6.07, 6.45) is 2.63. The molecule has 0 bridgehead atoms. The summed E-state index contributed by atoms with van der Waals surface area (Å²) in [6.45, 7) is 2.94. The quantitative estimate of drug-likeness (QED) is 0.653. The fourth-order valence-electron chi connectivity index (χ4n) is 4.25. The van der Waals surface area contributed by atoms with E-state index < -0.39 is 0 Å². The minimum Gasteiger partial charge on any atom is -0.447 e. The molecule has 1 amide bonds. The molecule has 1 saturated heterocycles. The summed E-state index contributed by atoms with van der Waals surface area (Å²) < 4.78 is 12.2. The monoisotopic (exact) mass is 378 g/mol. The summed E-state index contributed by atoms with van der Waals surface area (Å²) in [7, 11) is 1.59. The standard InChI is InChI=1S/C21H22N4O3/c1-27-8-9-28-20(26)24-13-21(14-24)6-7-25-19(21)11-18(23-25)16-10-15-4-2-3-5-17(15)22-12-16/h2-5,10-12H,6-9,13-14H2,1H3. The summed E-state index contributed by atoms with van der Waals surface area (Å²) in [6, 6.07) is 12.4. The first-order valence-electron chi connectivity index (χ1n) is 9.53. The number of likely N-dealkylation sites (tertiary alicyclic amines) is 1. The predicted molar refractivity (Wildman–Crippen MR) is 104 cm³/mol. The number of para-hydroxylation sites is 1. The van der Waals surface area contributed by atoms with Gasteiger partial charge >= 0.3 is 6.09 Å². The summed E-state index contributed by atoms with van der Waals surface area (Å²) in [5.74, 6) is 0. The van der Waals surface area contributed by atoms with Crippen molar-refractivity contribution < 1.29 is 14.3 Å². The summed E-state index contributed by atoms with van der Waals surface area (Å²) in [4.78, 5) is 18.4. The van der Waals surface area contributed by atoms with E-state index >= 15 is 0 Å². The molecule has 0 aliphatic carbocycles. The maximum Gasteiger partial charge on any atom is 0.409 e. The number of amides is 1. The van der Waals surface area contributed by atoms with Crippen LogP contribution < -0.4 is 0 Å². The summed E-state index contributed by atoms with van der Waals surface area (Å²) in [5.41, 5.74) is 4.14. The lowest BCUT2D eigenvalue weighted by Gasteiger charge is -2.46. The third kappa shape index (κ3) is 2.74. The molecular weight excluding hydrogens is 356 g/mol. The Kier molecular flexibility index (Phi) is 4.05. The van der Waals surface area contributed by atoms with E-state index in [1.54, 1.807) is 12.0 Å². The Labute approximate surface area is 162 Å². The van der Waals surface area contributed by atoms with Crippen molar-refractivity contribution in [1.82, 2.24) is 19.7 Å². The first-order chi connectivity index (χ1) is 13.7. The Morgan fingerprint density at radius 2 is 2.07 bits per heavy atom. The molecule has 4 heterocycles. The topological polar surface area (TPSA) is 69.5 Å². The van der Waals surface area contributed by atoms with Gasteiger partial charge in [0.15, 0.2) is 0 Å². The van der Waals surface area contributed by atoms with Crippen molar-refractivity contribution in [3.63, 3.8) is 0 Å². The van der Waals surface area contributed by atoms with Gasteiger partial charge in [-0.25, -0.2) is 4.79 Å². The second-order valence-corrected chi connectivity index (χ2v) is 7.55. The molecule has 0 saturated carbocycles. The smallest absolute Gasteiger partial charge is 0.409 e. The Balaban J connectivity index is 1.34. The molecule has 0 radical (unpaired) electrons. The van der Waals surface area contributed by atoms with Crippen molar-refractivity contribution >= 4 is 17.0 Å². The van der Waals surface area contributed by atoms with Gasteiger partial charge < -0.3 is 14.4 Å². The maximum absolute atomic E-state index is 12.1. The zero-order valence-corrected chi connectivity index (χ0v) is 15.8. The number of carbonyl (C=O) groups is 1. The number of nitrogens with zero attached hydrogens (tertiary/aromatic N) is 4. The van der Waals surface area contributed by atoms with Gasteiger partial charge in [0.05, 0.1) is 17.8 Å². The number of aromatic nitrogens is 3. The lowest BCUT2D eigenvalue weighted by Crippen LogP contribution is -2.60. The van der Waals surface area contributed by atoms with Gasteiger partial charge in [0, 0.05) is 55.0 Å². The van der Waals surface area contributed by atoms with Crippen molar-refractivity contribution in [2.24, 2.45) is 0 Å². The molecule has 7 nitrogen and oxygen atoms in total. The number of hydrogen-bond acceptors (Lipinski definition) is 5. The van der Waals surface area contributed by atoms with E-state index in [1.807, 2.05) is 24.4 Å². The maximum atomic E-state index is 12.1. The first-order valence-corrected chi connectivity index (χ1v) is 9.53. The number of methoxy groups -OCH3 is 1. The van der Waals surface area contributed by atoms with Crippen LogP contribution in [0.1, 0.15) is 12.1 Å². The number of fused-ring (bicyclic) bond motifs is 3. The average Bonchev–Trinajstić information content (AvgIpc) is 3.26. The van der Waals surface area contributed by atoms with Crippen molar-refractivity contribution in [3.8, 4) is 11.3 Å². The van der Waals surface area contributed by atoms with Crippen LogP contribution in [0.25, 0.3) is 22.2 Å². The SMILES string of the molecule is COCCOC(=O)N1CC2(CCn3nc(-c4cnc5ccccc5c4)cc32)C1. The minimum absolute atomic E-state index is 0.00416. The van der Waals surface area contributed by atoms with Crippen LogP contribution in [0, 0.1) is 0 Å². The molecule has 3 aromatic rings. The van der Waals surface area contributed by atoms with Crippen LogP contribution >= 0.6 is 0 Å². The fraction of sp³-hybridized carbons (Fsp3) is 0.381. The second-order valence-electron chi connectivity index (χ2n) is 7.55. The highest BCUT2D eigenvalue weighted by Gasteiger charge is 2.51. The minimum atomic E-state index is -0.264. The van der Waals surface area contributed by atoms with Crippen LogP contribution in [-0.4, -0.2) is 59.2 Å². The van der Waals surface area contributed by atoms with Gasteiger partial charge in [-0.2, -0.15) is 5.10 Å². The van der Waals surface area contributed by atoms with E-state index in [-0.39, 0.29) is 18.1 Å². The molecule has 5 rings (SSSR count). The molecular formula is C21H22N4O3. The fourth-order valence-corrected chi connectivity index (χ4v) is 4.25. The van der Waals surface area contributed by atoms with Crippen LogP contribution in [0.3, 0.4) is 0 Å². The predicted octanol–water partition coefficient (Wildman–Crippen LogP) is 2.84. The molecule has 2 aliphatic rings. The molecule has 0 atom stereocenters. The van der Waals surface area contributed by atoms with E-state index in [0.29, 0.717) is 19.7 Å². The summed E-state index contributed by atoms with van der Waals surface area (Å²) in [5, 5.41) is 5.91. The lowest BCUT2D eigenvalue weighted by molar-refractivity contribution is 0.0255. The van der Waals surface area contributed by atoms with Crippen molar-refractivity contribution in [3.05, 3.63) is 48.3 Å². The third-order valence-corrected chi connectivity index (χ3v) is 5.77. The van der Waals surface area contributed by atoms with Gasteiger partial charge in [0.25, 0.3) is 0 Å². The van der Waals surface area contributed by atoms with E-state index in [0.717, 1.165) is 35.1 Å². The van der Waals surface area contributed by atoms with Crippen molar-refractivity contribution in [2.75, 3.05) is 33.4 Å². The zero-order valence-electron chi connectivity index (χ0n) is 15.8. The number of ether oxygens (including phenoxy) is 2. The van der Waals surface area contributed by atoms with Crippen LogP contribution in [0.15, 0.2) is 42.6 Å². The highest BCUT2D eigenvalue weighted by atomic mass is 16.6. The Morgan fingerprint density at radius 1 is 1.21 bits per heavy atom. The third-order valence-electron chi connectivity index (χ3n) is 5.77. The summed E-state index contributed by atoms with van der Waals surface area (Å²) >= 11 is 0. The molecule has 28 heavy (non-hydrogen) atoms. The number of benzene rings is 1. The molecule has 0 unspecified atom stereocenters. The lowest BCUT2D eigenvalue weighted by atomic mass is 9.76. The molecule has 1 aromatic carbocycles. The van der Waals surface area contributed by atoms with E-state index in [1.165, 1.54) is 5.69 Å². The highest BCUT2D eigenvalue weighted by Crippen LogP contribution is 2.44. The molecule has 2 aromatic heterocycles. The van der Waals surface area contributed by atoms with Gasteiger partial charge in [0.2, 0.25) is 0 Å². The van der Waals surface area contributed by atoms with E-state index in [4.69, 9.17) is 14.6 Å². The normalized spacial score (nSPS) is 17.0. The number of aryl methyl sites for hydroxylation is 1. The molecule has 1 fully saturated rings.